The molecule has 0 radical (unpaired) electrons. The van der Waals surface area contributed by atoms with Crippen molar-refractivity contribution in [2.45, 2.75) is 37.5 Å². The molecule has 0 bridgehead atoms. The number of nitrogens with one attached hydrogen (secondary N) is 1. The first-order valence-corrected chi connectivity index (χ1v) is 6.73. The summed E-state index contributed by atoms with van der Waals surface area (Å²) < 4.78 is 11.6. The number of hydrogen-bond acceptors (Lipinski definition) is 3. The third-order valence-corrected chi connectivity index (χ3v) is 3.67. The molecule has 2 fully saturated rings. The third kappa shape index (κ3) is 3.31. The van der Waals surface area contributed by atoms with Gasteiger partial charge in [-0.25, -0.2) is 0 Å². The molecular weight excluding hydrogens is 226 g/mol. The van der Waals surface area contributed by atoms with Gasteiger partial charge in [0.05, 0.1) is 13.2 Å². The maximum absolute atomic E-state index is 5.78. The van der Waals surface area contributed by atoms with Crippen LogP contribution in [0.3, 0.4) is 0 Å². The topological polar surface area (TPSA) is 30.5 Å². The molecule has 18 heavy (non-hydrogen) atoms. The average Bonchev–Trinajstić information content (AvgIpc) is 2.82. The van der Waals surface area contributed by atoms with Gasteiger partial charge in [0.15, 0.2) is 5.79 Å². The Balaban J connectivity index is 1.84. The summed E-state index contributed by atoms with van der Waals surface area (Å²) in [5, 5.41) is 3.56. The molecule has 1 saturated carbocycles. The van der Waals surface area contributed by atoms with E-state index < -0.39 is 0 Å². The van der Waals surface area contributed by atoms with Crippen LogP contribution in [-0.4, -0.2) is 31.6 Å². The summed E-state index contributed by atoms with van der Waals surface area (Å²) in [6, 6.07) is 0.463. The molecule has 1 saturated heterocycles. The lowest BCUT2D eigenvalue weighted by Crippen LogP contribution is -2.44. The summed E-state index contributed by atoms with van der Waals surface area (Å²) in [6.45, 7) is 9.82. The zero-order valence-corrected chi connectivity index (χ0v) is 11.0. The predicted octanol–water partition coefficient (Wildman–Crippen LogP) is 2.56. The van der Waals surface area contributed by atoms with Crippen molar-refractivity contribution in [3.8, 4) is 0 Å². The van der Waals surface area contributed by atoms with Crippen LogP contribution >= 0.6 is 0 Å². The number of hydrogen-bond donors (Lipinski definition) is 1. The van der Waals surface area contributed by atoms with E-state index in [0.717, 1.165) is 44.6 Å². The van der Waals surface area contributed by atoms with Crippen molar-refractivity contribution in [2.24, 2.45) is 0 Å². The summed E-state index contributed by atoms with van der Waals surface area (Å²) in [5.74, 6) is -0.299. The highest BCUT2D eigenvalue weighted by Gasteiger charge is 2.41. The molecule has 100 valence electrons. The van der Waals surface area contributed by atoms with Gasteiger partial charge in [-0.05, 0) is 18.4 Å². The van der Waals surface area contributed by atoms with Crippen LogP contribution in [0.2, 0.25) is 0 Å². The molecule has 0 amide bonds. The first-order chi connectivity index (χ1) is 8.78. The first-order valence-electron chi connectivity index (χ1n) is 6.73. The average molecular weight is 249 g/mol. The maximum atomic E-state index is 5.78. The van der Waals surface area contributed by atoms with E-state index in [4.69, 9.17) is 9.47 Å². The molecule has 0 aromatic heterocycles. The summed E-state index contributed by atoms with van der Waals surface area (Å²) in [4.78, 5) is 0. The molecule has 0 aromatic carbocycles. The minimum Gasteiger partial charge on any atom is -0.347 e. The second-order valence-electron chi connectivity index (χ2n) is 4.96. The Bertz CT molecular complexity index is 329. The van der Waals surface area contributed by atoms with Crippen molar-refractivity contribution >= 4 is 0 Å². The zero-order valence-electron chi connectivity index (χ0n) is 11.0. The largest absolute Gasteiger partial charge is 0.347 e. The zero-order chi connectivity index (χ0) is 12.8. The summed E-state index contributed by atoms with van der Waals surface area (Å²) in [5.41, 5.74) is 1.16. The van der Waals surface area contributed by atoms with Gasteiger partial charge >= 0.3 is 0 Å². The van der Waals surface area contributed by atoms with Gasteiger partial charge in [-0.15, -0.1) is 0 Å². The van der Waals surface area contributed by atoms with E-state index >= 15 is 0 Å². The van der Waals surface area contributed by atoms with E-state index in [0.29, 0.717) is 6.04 Å². The van der Waals surface area contributed by atoms with Crippen molar-refractivity contribution in [3.63, 3.8) is 0 Å². The highest BCUT2D eigenvalue weighted by Crippen LogP contribution is 2.35. The van der Waals surface area contributed by atoms with Gasteiger partial charge in [0.2, 0.25) is 0 Å². The van der Waals surface area contributed by atoms with E-state index in [-0.39, 0.29) is 5.79 Å². The van der Waals surface area contributed by atoms with Crippen LogP contribution in [0.15, 0.2) is 37.0 Å². The molecular formula is C15H23NO2. The maximum Gasteiger partial charge on any atom is 0.169 e. The minimum absolute atomic E-state index is 0.299. The van der Waals surface area contributed by atoms with Crippen LogP contribution in [0.1, 0.15) is 25.7 Å². The van der Waals surface area contributed by atoms with E-state index in [2.05, 4.69) is 18.5 Å². The normalized spacial score (nSPS) is 27.3. The van der Waals surface area contributed by atoms with E-state index in [1.807, 2.05) is 12.2 Å². The fraction of sp³-hybridized carbons (Fsp3) is 0.600. The number of rotatable bonds is 5. The summed E-state index contributed by atoms with van der Waals surface area (Å²) in [6.07, 6.45) is 9.98. The van der Waals surface area contributed by atoms with Crippen molar-refractivity contribution in [3.05, 3.63) is 37.0 Å². The number of allylic oxidation sites excluding steroid dienone is 2. The second kappa shape index (κ2) is 6.32. The quantitative estimate of drug-likeness (QED) is 0.760. The van der Waals surface area contributed by atoms with Gasteiger partial charge in [-0.1, -0.05) is 31.4 Å². The molecule has 1 aliphatic heterocycles. The Hall–Kier alpha value is -0.900. The highest BCUT2D eigenvalue weighted by molar-refractivity contribution is 5.22. The van der Waals surface area contributed by atoms with E-state index in [1.165, 1.54) is 6.42 Å². The van der Waals surface area contributed by atoms with Gasteiger partial charge in [0.25, 0.3) is 0 Å². The molecule has 3 nitrogen and oxygen atoms in total. The van der Waals surface area contributed by atoms with E-state index in [1.54, 1.807) is 6.08 Å². The molecule has 1 heterocycles. The second-order valence-corrected chi connectivity index (χ2v) is 4.96. The fourth-order valence-electron chi connectivity index (χ4n) is 2.74. The molecule has 0 unspecified atom stereocenters. The summed E-state index contributed by atoms with van der Waals surface area (Å²) >= 11 is 0. The van der Waals surface area contributed by atoms with Gasteiger partial charge in [-0.3, -0.25) is 0 Å². The lowest BCUT2D eigenvalue weighted by atomic mass is 9.89. The Labute approximate surface area is 110 Å². The Morgan fingerprint density at radius 1 is 1.33 bits per heavy atom. The predicted molar refractivity (Wildman–Crippen MR) is 73.4 cm³/mol. The van der Waals surface area contributed by atoms with E-state index in [9.17, 15) is 0 Å². The Morgan fingerprint density at radius 3 is 2.78 bits per heavy atom. The van der Waals surface area contributed by atoms with Crippen LogP contribution in [0, 0.1) is 0 Å². The molecule has 2 aliphatic rings. The Morgan fingerprint density at radius 2 is 2.11 bits per heavy atom. The molecule has 1 aliphatic carbocycles. The number of ether oxygens (including phenoxy) is 2. The molecule has 1 atom stereocenters. The third-order valence-electron chi connectivity index (χ3n) is 3.67. The van der Waals surface area contributed by atoms with Gasteiger partial charge in [-0.2, -0.15) is 0 Å². The van der Waals surface area contributed by atoms with Gasteiger partial charge < -0.3 is 14.8 Å². The summed E-state index contributed by atoms with van der Waals surface area (Å²) in [7, 11) is 0. The monoisotopic (exact) mass is 249 g/mol. The lowest BCUT2D eigenvalue weighted by Gasteiger charge is -2.36. The van der Waals surface area contributed by atoms with Crippen molar-refractivity contribution in [1.29, 1.82) is 0 Å². The van der Waals surface area contributed by atoms with Gasteiger partial charge in [0.1, 0.15) is 0 Å². The molecule has 0 aromatic rings. The van der Waals surface area contributed by atoms with Crippen LogP contribution < -0.4 is 5.32 Å². The van der Waals surface area contributed by atoms with Crippen LogP contribution in [0.4, 0.5) is 0 Å². The van der Waals surface area contributed by atoms with Crippen molar-refractivity contribution in [2.75, 3.05) is 19.8 Å². The molecule has 1 N–H and O–H groups in total. The van der Waals surface area contributed by atoms with Crippen molar-refractivity contribution < 1.29 is 9.47 Å². The van der Waals surface area contributed by atoms with Gasteiger partial charge in [0, 0.05) is 25.4 Å². The van der Waals surface area contributed by atoms with Crippen LogP contribution in [0.5, 0.6) is 0 Å². The first kappa shape index (κ1) is 13.5. The minimum atomic E-state index is -0.299. The molecule has 2 rings (SSSR count). The lowest BCUT2D eigenvalue weighted by molar-refractivity contribution is -0.181. The Kier molecular flexibility index (Phi) is 4.75. The highest BCUT2D eigenvalue weighted by atomic mass is 16.7. The van der Waals surface area contributed by atoms with Crippen LogP contribution in [0.25, 0.3) is 0 Å². The van der Waals surface area contributed by atoms with Crippen LogP contribution in [-0.2, 0) is 9.47 Å². The van der Waals surface area contributed by atoms with Crippen molar-refractivity contribution in [1.82, 2.24) is 5.32 Å². The standard InChI is InChI=1S/C15H23NO2/c1-3-6-13(4-2)12-16-14-7-5-8-15(11-14)17-9-10-18-15/h3-4,6,14,16H,1-2,5,7-12H2/b13-6+/t14-/m1/s1. The molecule has 1 spiro atoms. The fourth-order valence-corrected chi connectivity index (χ4v) is 2.74. The SMILES string of the molecule is C=C/C=C(\C=C)CN[C@@H]1CCCC2(C1)OCCO2. The smallest absolute Gasteiger partial charge is 0.169 e. The molecule has 3 heteroatoms.